The molecule has 98 valence electrons. The summed E-state index contributed by atoms with van der Waals surface area (Å²) in [5, 5.41) is 3.36. The first-order valence-corrected chi connectivity index (χ1v) is 6.61. The second kappa shape index (κ2) is 5.96. The van der Waals surface area contributed by atoms with Crippen LogP contribution in [0.1, 0.15) is 30.8 Å². The Morgan fingerprint density at radius 3 is 3.06 bits per heavy atom. The van der Waals surface area contributed by atoms with Crippen LogP contribution in [0.5, 0.6) is 0 Å². The molecular formula is C14H21N3O. The Hall–Kier alpha value is -1.42. The van der Waals surface area contributed by atoms with Crippen molar-refractivity contribution in [2.24, 2.45) is 5.92 Å². The van der Waals surface area contributed by atoms with Crippen LogP contribution in [0.4, 0.5) is 0 Å². The van der Waals surface area contributed by atoms with Gasteiger partial charge >= 0.3 is 0 Å². The first-order valence-electron chi connectivity index (χ1n) is 6.61. The van der Waals surface area contributed by atoms with E-state index in [1.807, 2.05) is 17.0 Å². The molecule has 4 nitrogen and oxygen atoms in total. The van der Waals surface area contributed by atoms with E-state index in [2.05, 4.69) is 24.1 Å². The number of hydrogen-bond acceptors (Lipinski definition) is 3. The molecule has 0 aliphatic carbocycles. The zero-order chi connectivity index (χ0) is 13.0. The molecular weight excluding hydrogens is 226 g/mol. The van der Waals surface area contributed by atoms with Crippen LogP contribution >= 0.6 is 0 Å². The minimum atomic E-state index is 0.0581. The summed E-state index contributed by atoms with van der Waals surface area (Å²) in [6.45, 7) is 6.91. The second-order valence-electron chi connectivity index (χ2n) is 5.20. The first-order chi connectivity index (χ1) is 8.68. The molecule has 1 aromatic rings. The fourth-order valence-corrected chi connectivity index (χ4v) is 2.42. The minimum absolute atomic E-state index is 0.0581. The van der Waals surface area contributed by atoms with Crippen LogP contribution in [-0.4, -0.2) is 41.5 Å². The number of carbonyl (C=O) groups is 1. The highest BCUT2D eigenvalue weighted by atomic mass is 16.2. The SMILES string of the molecule is CC(C)CC1CNCCN1C(=O)c1ccccn1. The van der Waals surface area contributed by atoms with Crippen LogP contribution < -0.4 is 5.32 Å². The molecule has 1 aromatic heterocycles. The average molecular weight is 247 g/mol. The number of nitrogens with zero attached hydrogens (tertiary/aromatic N) is 2. The number of rotatable bonds is 3. The van der Waals surface area contributed by atoms with Gasteiger partial charge in [-0.15, -0.1) is 0 Å². The zero-order valence-corrected chi connectivity index (χ0v) is 11.1. The van der Waals surface area contributed by atoms with E-state index in [-0.39, 0.29) is 11.9 Å². The summed E-state index contributed by atoms with van der Waals surface area (Å²) >= 11 is 0. The number of aromatic nitrogens is 1. The molecule has 1 saturated heterocycles. The summed E-state index contributed by atoms with van der Waals surface area (Å²) in [4.78, 5) is 18.6. The smallest absolute Gasteiger partial charge is 0.272 e. The third kappa shape index (κ3) is 3.07. The maximum Gasteiger partial charge on any atom is 0.272 e. The minimum Gasteiger partial charge on any atom is -0.332 e. The van der Waals surface area contributed by atoms with E-state index in [0.29, 0.717) is 11.6 Å². The highest BCUT2D eigenvalue weighted by Crippen LogP contribution is 2.15. The van der Waals surface area contributed by atoms with Crippen molar-refractivity contribution in [3.05, 3.63) is 30.1 Å². The van der Waals surface area contributed by atoms with E-state index in [0.717, 1.165) is 26.1 Å². The van der Waals surface area contributed by atoms with Crippen LogP contribution in [0, 0.1) is 5.92 Å². The van der Waals surface area contributed by atoms with Crippen molar-refractivity contribution >= 4 is 5.91 Å². The van der Waals surface area contributed by atoms with Crippen LogP contribution in [0.3, 0.4) is 0 Å². The average Bonchev–Trinajstić information content (AvgIpc) is 2.39. The normalized spacial score (nSPS) is 20.2. The van der Waals surface area contributed by atoms with Crippen LogP contribution in [0.2, 0.25) is 0 Å². The summed E-state index contributed by atoms with van der Waals surface area (Å²) < 4.78 is 0. The number of hydrogen-bond donors (Lipinski definition) is 1. The molecule has 1 aliphatic rings. The Balaban J connectivity index is 2.11. The van der Waals surface area contributed by atoms with Gasteiger partial charge in [-0.2, -0.15) is 0 Å². The van der Waals surface area contributed by atoms with Gasteiger partial charge in [-0.3, -0.25) is 9.78 Å². The van der Waals surface area contributed by atoms with Gasteiger partial charge in [0.2, 0.25) is 0 Å². The molecule has 0 saturated carbocycles. The number of pyridine rings is 1. The van der Waals surface area contributed by atoms with Gasteiger partial charge in [0.05, 0.1) is 0 Å². The van der Waals surface area contributed by atoms with E-state index in [9.17, 15) is 4.79 Å². The predicted octanol–water partition coefficient (Wildman–Crippen LogP) is 1.54. The fourth-order valence-electron chi connectivity index (χ4n) is 2.42. The third-order valence-corrected chi connectivity index (χ3v) is 3.24. The molecule has 1 atom stereocenters. The van der Waals surface area contributed by atoms with E-state index >= 15 is 0 Å². The van der Waals surface area contributed by atoms with Crippen molar-refractivity contribution in [1.82, 2.24) is 15.2 Å². The fraction of sp³-hybridized carbons (Fsp3) is 0.571. The molecule has 0 spiro atoms. The lowest BCUT2D eigenvalue weighted by molar-refractivity contribution is 0.0604. The second-order valence-corrected chi connectivity index (χ2v) is 5.20. The largest absolute Gasteiger partial charge is 0.332 e. The van der Waals surface area contributed by atoms with E-state index < -0.39 is 0 Å². The van der Waals surface area contributed by atoms with Gasteiger partial charge in [-0.1, -0.05) is 19.9 Å². The van der Waals surface area contributed by atoms with Crippen molar-refractivity contribution in [2.75, 3.05) is 19.6 Å². The van der Waals surface area contributed by atoms with Crippen LogP contribution in [0.25, 0.3) is 0 Å². The van der Waals surface area contributed by atoms with Crippen molar-refractivity contribution in [3.63, 3.8) is 0 Å². The Kier molecular flexibility index (Phi) is 4.31. The standard InChI is InChI=1S/C14H21N3O/c1-11(2)9-12-10-15-7-8-17(12)14(18)13-5-3-4-6-16-13/h3-6,11-12,15H,7-10H2,1-2H3. The number of nitrogens with one attached hydrogen (secondary N) is 1. The maximum atomic E-state index is 12.4. The highest BCUT2D eigenvalue weighted by Gasteiger charge is 2.28. The lowest BCUT2D eigenvalue weighted by Gasteiger charge is -2.37. The molecule has 0 bridgehead atoms. The Labute approximate surface area is 108 Å². The topological polar surface area (TPSA) is 45.2 Å². The van der Waals surface area contributed by atoms with Crippen molar-refractivity contribution < 1.29 is 4.79 Å². The van der Waals surface area contributed by atoms with E-state index in [1.54, 1.807) is 12.3 Å². The molecule has 2 heterocycles. The van der Waals surface area contributed by atoms with Crippen LogP contribution in [0.15, 0.2) is 24.4 Å². The molecule has 1 unspecified atom stereocenters. The number of amides is 1. The quantitative estimate of drug-likeness (QED) is 0.881. The third-order valence-electron chi connectivity index (χ3n) is 3.24. The Morgan fingerprint density at radius 1 is 1.56 bits per heavy atom. The van der Waals surface area contributed by atoms with Gasteiger partial charge in [0.15, 0.2) is 0 Å². The van der Waals surface area contributed by atoms with Crippen molar-refractivity contribution in [2.45, 2.75) is 26.3 Å². The number of carbonyl (C=O) groups excluding carboxylic acids is 1. The lowest BCUT2D eigenvalue weighted by atomic mass is 10.0. The summed E-state index contributed by atoms with van der Waals surface area (Å²) in [6, 6.07) is 5.77. The predicted molar refractivity (Wildman–Crippen MR) is 71.4 cm³/mol. The highest BCUT2D eigenvalue weighted by molar-refractivity contribution is 5.92. The van der Waals surface area contributed by atoms with Gasteiger partial charge in [0.1, 0.15) is 5.69 Å². The summed E-state index contributed by atoms with van der Waals surface area (Å²) in [5.74, 6) is 0.650. The molecule has 2 rings (SSSR count). The summed E-state index contributed by atoms with van der Waals surface area (Å²) in [7, 11) is 0. The van der Waals surface area contributed by atoms with Gasteiger partial charge in [0.25, 0.3) is 5.91 Å². The zero-order valence-electron chi connectivity index (χ0n) is 11.1. The molecule has 18 heavy (non-hydrogen) atoms. The van der Waals surface area contributed by atoms with Gasteiger partial charge in [-0.25, -0.2) is 0 Å². The first kappa shape index (κ1) is 13.0. The molecule has 0 aromatic carbocycles. The molecule has 1 amide bonds. The van der Waals surface area contributed by atoms with Gasteiger partial charge < -0.3 is 10.2 Å². The molecule has 1 N–H and O–H groups in total. The van der Waals surface area contributed by atoms with Gasteiger partial charge in [0, 0.05) is 31.9 Å². The van der Waals surface area contributed by atoms with E-state index in [1.165, 1.54) is 0 Å². The summed E-state index contributed by atoms with van der Waals surface area (Å²) in [6.07, 6.45) is 2.71. The number of piperazine rings is 1. The van der Waals surface area contributed by atoms with E-state index in [4.69, 9.17) is 0 Å². The molecule has 1 fully saturated rings. The maximum absolute atomic E-state index is 12.4. The van der Waals surface area contributed by atoms with Crippen molar-refractivity contribution in [3.8, 4) is 0 Å². The van der Waals surface area contributed by atoms with Gasteiger partial charge in [-0.05, 0) is 24.5 Å². The van der Waals surface area contributed by atoms with Crippen LogP contribution in [-0.2, 0) is 0 Å². The summed E-state index contributed by atoms with van der Waals surface area (Å²) in [5.41, 5.74) is 0.549. The monoisotopic (exact) mass is 247 g/mol. The Bertz CT molecular complexity index is 391. The molecule has 1 aliphatic heterocycles. The lowest BCUT2D eigenvalue weighted by Crippen LogP contribution is -2.54. The Morgan fingerprint density at radius 2 is 2.39 bits per heavy atom. The van der Waals surface area contributed by atoms with Crippen molar-refractivity contribution in [1.29, 1.82) is 0 Å². The molecule has 4 heteroatoms. The molecule has 0 radical (unpaired) electrons.